The first-order valence-electron chi connectivity index (χ1n) is 8.74. The molecule has 0 unspecified atom stereocenters. The van der Waals surface area contributed by atoms with Crippen LogP contribution in [0, 0.1) is 5.92 Å². The van der Waals surface area contributed by atoms with E-state index < -0.39 is 5.60 Å². The van der Waals surface area contributed by atoms with Gasteiger partial charge in [0.05, 0.1) is 5.60 Å². The van der Waals surface area contributed by atoms with Gasteiger partial charge in [0.1, 0.15) is 0 Å². The number of benzene rings is 1. The molecule has 0 bridgehead atoms. The summed E-state index contributed by atoms with van der Waals surface area (Å²) in [5, 5.41) is 10.7. The van der Waals surface area contributed by atoms with Gasteiger partial charge in [0.25, 0.3) is 0 Å². The van der Waals surface area contributed by atoms with Crippen LogP contribution in [0.3, 0.4) is 0 Å². The van der Waals surface area contributed by atoms with Gasteiger partial charge in [0, 0.05) is 12.0 Å². The molecule has 0 heterocycles. The molecule has 1 N–H and O–H groups in total. The lowest BCUT2D eigenvalue weighted by Crippen LogP contribution is -2.31. The first-order valence-corrected chi connectivity index (χ1v) is 8.74. The molecular weight excluding hydrogens is 272 g/mol. The van der Waals surface area contributed by atoms with Gasteiger partial charge in [-0.15, -0.1) is 0 Å². The van der Waals surface area contributed by atoms with E-state index in [9.17, 15) is 9.90 Å². The predicted octanol–water partition coefficient (Wildman–Crippen LogP) is 5.18. The number of Topliss-reactive ketones (excluding diaryl/α,β-unsaturated/α-hetero) is 1. The van der Waals surface area contributed by atoms with Crippen LogP contribution < -0.4 is 0 Å². The highest BCUT2D eigenvalue weighted by atomic mass is 16.3. The van der Waals surface area contributed by atoms with Crippen LogP contribution in [0.2, 0.25) is 0 Å². The molecular formula is C20H32O2. The van der Waals surface area contributed by atoms with Crippen LogP contribution in [0.5, 0.6) is 0 Å². The minimum absolute atomic E-state index is 0.0656. The lowest BCUT2D eigenvalue weighted by Gasteiger charge is -2.26. The van der Waals surface area contributed by atoms with E-state index >= 15 is 0 Å². The van der Waals surface area contributed by atoms with E-state index in [1.807, 2.05) is 18.2 Å². The number of carbonyl (C=O) groups is 1. The molecule has 0 aliphatic heterocycles. The maximum atomic E-state index is 12.5. The maximum absolute atomic E-state index is 12.5. The number of carbonyl (C=O) groups excluding carboxylic acids is 1. The molecule has 22 heavy (non-hydrogen) atoms. The molecule has 0 radical (unpaired) electrons. The summed E-state index contributed by atoms with van der Waals surface area (Å²) in [6, 6.07) is 7.92. The highest BCUT2D eigenvalue weighted by Gasteiger charge is 2.28. The molecule has 2 nitrogen and oxygen atoms in total. The zero-order valence-electron chi connectivity index (χ0n) is 14.7. The molecule has 1 aromatic carbocycles. The molecule has 0 atom stereocenters. The van der Waals surface area contributed by atoms with Gasteiger partial charge in [-0.05, 0) is 43.2 Å². The van der Waals surface area contributed by atoms with Gasteiger partial charge in [-0.1, -0.05) is 58.7 Å². The number of aliphatic hydroxyl groups is 1. The van der Waals surface area contributed by atoms with E-state index in [4.69, 9.17) is 0 Å². The first kappa shape index (κ1) is 18.9. The Balaban J connectivity index is 2.77. The number of aryl methyl sites for hydroxylation is 1. The molecule has 0 saturated heterocycles. The lowest BCUT2D eigenvalue weighted by atomic mass is 9.85. The third-order valence-electron chi connectivity index (χ3n) is 4.18. The smallest absolute Gasteiger partial charge is 0.165 e. The standard InChI is InChI=1S/C20H32O2/c1-5-12-20(22,13-6-2)15-19(21)18-9-7-8-17(14-18)11-10-16(3)4/h7-9,14,16,22H,5-6,10-13,15H2,1-4H3. The zero-order valence-corrected chi connectivity index (χ0v) is 14.7. The number of rotatable bonds is 10. The van der Waals surface area contributed by atoms with Gasteiger partial charge in [0.2, 0.25) is 0 Å². The van der Waals surface area contributed by atoms with Crippen molar-refractivity contribution in [2.45, 2.75) is 78.2 Å². The summed E-state index contributed by atoms with van der Waals surface area (Å²) in [4.78, 5) is 12.5. The second-order valence-corrected chi connectivity index (χ2v) is 6.96. The summed E-state index contributed by atoms with van der Waals surface area (Å²) < 4.78 is 0. The SMILES string of the molecule is CCCC(O)(CCC)CC(=O)c1cccc(CCC(C)C)c1. The highest BCUT2D eigenvalue weighted by molar-refractivity contribution is 5.96. The average Bonchev–Trinajstić information content (AvgIpc) is 2.45. The van der Waals surface area contributed by atoms with Gasteiger partial charge in [-0.3, -0.25) is 4.79 Å². The lowest BCUT2D eigenvalue weighted by molar-refractivity contribution is 0.0152. The highest BCUT2D eigenvalue weighted by Crippen LogP contribution is 2.26. The zero-order chi connectivity index (χ0) is 16.6. The summed E-state index contributed by atoms with van der Waals surface area (Å²) in [5.41, 5.74) is 1.12. The van der Waals surface area contributed by atoms with Crippen molar-refractivity contribution in [1.82, 2.24) is 0 Å². The van der Waals surface area contributed by atoms with Crippen molar-refractivity contribution >= 4 is 5.78 Å². The van der Waals surface area contributed by atoms with Crippen LogP contribution in [0.1, 0.15) is 82.1 Å². The van der Waals surface area contributed by atoms with Crippen molar-refractivity contribution in [2.75, 3.05) is 0 Å². The Morgan fingerprint density at radius 1 is 1.18 bits per heavy atom. The minimum Gasteiger partial charge on any atom is -0.389 e. The summed E-state index contributed by atoms with van der Waals surface area (Å²) >= 11 is 0. The second-order valence-electron chi connectivity index (χ2n) is 6.96. The normalized spacial score (nSPS) is 11.9. The van der Waals surface area contributed by atoms with E-state index in [0.717, 1.165) is 31.2 Å². The van der Waals surface area contributed by atoms with Gasteiger partial charge in [-0.2, -0.15) is 0 Å². The van der Waals surface area contributed by atoms with Gasteiger partial charge in [0.15, 0.2) is 5.78 Å². The Hall–Kier alpha value is -1.15. The predicted molar refractivity (Wildman–Crippen MR) is 93.3 cm³/mol. The van der Waals surface area contributed by atoms with E-state index in [2.05, 4.69) is 33.8 Å². The molecule has 0 aliphatic rings. The number of hydrogen-bond donors (Lipinski definition) is 1. The van der Waals surface area contributed by atoms with Gasteiger partial charge in [-0.25, -0.2) is 0 Å². The van der Waals surface area contributed by atoms with E-state index in [1.54, 1.807) is 0 Å². The quantitative estimate of drug-likeness (QED) is 0.605. The monoisotopic (exact) mass is 304 g/mol. The third kappa shape index (κ3) is 6.31. The van der Waals surface area contributed by atoms with Crippen molar-refractivity contribution in [2.24, 2.45) is 5.92 Å². The minimum atomic E-state index is -0.839. The third-order valence-corrected chi connectivity index (χ3v) is 4.18. The van der Waals surface area contributed by atoms with Crippen molar-refractivity contribution in [3.8, 4) is 0 Å². The van der Waals surface area contributed by atoms with Crippen molar-refractivity contribution in [3.05, 3.63) is 35.4 Å². The fraction of sp³-hybridized carbons (Fsp3) is 0.650. The molecule has 0 fully saturated rings. The molecule has 124 valence electrons. The Morgan fingerprint density at radius 3 is 2.36 bits per heavy atom. The fourth-order valence-electron chi connectivity index (χ4n) is 2.99. The fourth-order valence-corrected chi connectivity index (χ4v) is 2.99. The van der Waals surface area contributed by atoms with Crippen molar-refractivity contribution in [1.29, 1.82) is 0 Å². The Labute approximate surface area is 135 Å². The molecule has 0 spiro atoms. The maximum Gasteiger partial charge on any atom is 0.165 e. The van der Waals surface area contributed by atoms with Crippen LogP contribution in [0.15, 0.2) is 24.3 Å². The largest absolute Gasteiger partial charge is 0.389 e. The van der Waals surface area contributed by atoms with Crippen molar-refractivity contribution < 1.29 is 9.90 Å². The van der Waals surface area contributed by atoms with Crippen molar-refractivity contribution in [3.63, 3.8) is 0 Å². The Kier molecular flexibility index (Phi) is 7.81. The summed E-state index contributed by atoms with van der Waals surface area (Å²) in [6.07, 6.45) is 5.57. The van der Waals surface area contributed by atoms with Crippen LogP contribution in [-0.2, 0) is 6.42 Å². The molecule has 1 aromatic rings. The Bertz CT molecular complexity index is 457. The number of ketones is 1. The number of hydrogen-bond acceptors (Lipinski definition) is 2. The first-order chi connectivity index (χ1) is 10.4. The topological polar surface area (TPSA) is 37.3 Å². The van der Waals surface area contributed by atoms with Crippen LogP contribution in [-0.4, -0.2) is 16.5 Å². The molecule has 1 rings (SSSR count). The molecule has 0 amide bonds. The summed E-state index contributed by atoms with van der Waals surface area (Å²) in [5.74, 6) is 0.731. The van der Waals surface area contributed by atoms with E-state index in [0.29, 0.717) is 18.8 Å². The van der Waals surface area contributed by atoms with Gasteiger partial charge >= 0.3 is 0 Å². The van der Waals surface area contributed by atoms with Gasteiger partial charge < -0.3 is 5.11 Å². The van der Waals surface area contributed by atoms with Crippen LogP contribution >= 0.6 is 0 Å². The average molecular weight is 304 g/mol. The molecule has 0 aromatic heterocycles. The van der Waals surface area contributed by atoms with Crippen LogP contribution in [0.4, 0.5) is 0 Å². The molecule has 0 saturated carbocycles. The Morgan fingerprint density at radius 2 is 1.82 bits per heavy atom. The molecule has 2 heteroatoms. The second kappa shape index (κ2) is 9.09. The van der Waals surface area contributed by atoms with Crippen LogP contribution in [0.25, 0.3) is 0 Å². The molecule has 0 aliphatic carbocycles. The van der Waals surface area contributed by atoms with E-state index in [-0.39, 0.29) is 12.2 Å². The summed E-state index contributed by atoms with van der Waals surface area (Å²) in [6.45, 7) is 8.53. The summed E-state index contributed by atoms with van der Waals surface area (Å²) in [7, 11) is 0. The van der Waals surface area contributed by atoms with E-state index in [1.165, 1.54) is 5.56 Å².